The first-order valence-corrected chi connectivity index (χ1v) is 11.7. The van der Waals surface area contributed by atoms with Gasteiger partial charge < -0.3 is 9.84 Å². The van der Waals surface area contributed by atoms with Gasteiger partial charge in [-0.2, -0.15) is 5.10 Å². The SMILES string of the molecule is CCOc1cc(/C=N\NC(=O)CN(c2ccccc2C)S(=O)(=O)c2ccccc2)ccc1O. The van der Waals surface area contributed by atoms with Gasteiger partial charge in [-0.25, -0.2) is 13.8 Å². The minimum atomic E-state index is -3.99. The van der Waals surface area contributed by atoms with Crippen LogP contribution in [0.5, 0.6) is 11.5 Å². The molecule has 0 atom stereocenters. The zero-order valence-corrected chi connectivity index (χ0v) is 19.1. The number of aromatic hydroxyl groups is 1. The number of nitrogens with one attached hydrogen (secondary N) is 1. The average Bonchev–Trinajstić information content (AvgIpc) is 2.81. The van der Waals surface area contributed by atoms with Crippen LogP contribution in [-0.2, 0) is 14.8 Å². The van der Waals surface area contributed by atoms with Crippen LogP contribution in [-0.4, -0.2) is 38.8 Å². The maximum absolute atomic E-state index is 13.3. The summed E-state index contributed by atoms with van der Waals surface area (Å²) in [6.45, 7) is 3.50. The van der Waals surface area contributed by atoms with Crippen LogP contribution in [0.15, 0.2) is 82.8 Å². The molecule has 0 bridgehead atoms. The molecule has 0 radical (unpaired) electrons. The Labute approximate surface area is 193 Å². The summed E-state index contributed by atoms with van der Waals surface area (Å²) in [6, 6.07) is 19.5. The van der Waals surface area contributed by atoms with Crippen molar-refractivity contribution in [1.29, 1.82) is 0 Å². The molecule has 0 aliphatic carbocycles. The number of carbonyl (C=O) groups excluding carboxylic acids is 1. The van der Waals surface area contributed by atoms with Crippen molar-refractivity contribution in [2.24, 2.45) is 5.10 Å². The van der Waals surface area contributed by atoms with Crippen molar-refractivity contribution >= 4 is 27.8 Å². The highest BCUT2D eigenvalue weighted by Gasteiger charge is 2.27. The zero-order chi connectivity index (χ0) is 23.8. The van der Waals surface area contributed by atoms with Gasteiger partial charge in [0.05, 0.1) is 23.4 Å². The molecule has 0 saturated carbocycles. The van der Waals surface area contributed by atoms with Crippen molar-refractivity contribution in [2.75, 3.05) is 17.5 Å². The number of hydrazone groups is 1. The van der Waals surface area contributed by atoms with Crippen molar-refractivity contribution in [1.82, 2.24) is 5.43 Å². The predicted molar refractivity (Wildman–Crippen MR) is 127 cm³/mol. The maximum Gasteiger partial charge on any atom is 0.264 e. The zero-order valence-electron chi connectivity index (χ0n) is 18.3. The van der Waals surface area contributed by atoms with Gasteiger partial charge in [-0.15, -0.1) is 0 Å². The molecule has 0 spiro atoms. The number of carbonyl (C=O) groups is 1. The molecule has 0 heterocycles. The number of sulfonamides is 1. The summed E-state index contributed by atoms with van der Waals surface area (Å²) >= 11 is 0. The summed E-state index contributed by atoms with van der Waals surface area (Å²) in [6.07, 6.45) is 1.38. The van der Waals surface area contributed by atoms with Crippen molar-refractivity contribution in [3.8, 4) is 11.5 Å². The van der Waals surface area contributed by atoms with Gasteiger partial charge in [0.15, 0.2) is 11.5 Å². The number of ether oxygens (including phenoxy) is 1. The Morgan fingerprint density at radius 2 is 1.79 bits per heavy atom. The van der Waals surface area contributed by atoms with Gasteiger partial charge in [0, 0.05) is 0 Å². The van der Waals surface area contributed by atoms with E-state index in [-0.39, 0.29) is 10.6 Å². The smallest absolute Gasteiger partial charge is 0.264 e. The Kier molecular flexibility index (Phi) is 7.68. The van der Waals surface area contributed by atoms with Crippen molar-refractivity contribution in [3.05, 3.63) is 83.9 Å². The van der Waals surface area contributed by atoms with Gasteiger partial charge in [-0.05, 0) is 61.4 Å². The summed E-state index contributed by atoms with van der Waals surface area (Å²) in [4.78, 5) is 12.7. The molecule has 0 aromatic heterocycles. The molecule has 8 nitrogen and oxygen atoms in total. The Morgan fingerprint density at radius 3 is 2.48 bits per heavy atom. The molecule has 33 heavy (non-hydrogen) atoms. The van der Waals surface area contributed by atoms with Crippen molar-refractivity contribution < 1.29 is 23.1 Å². The van der Waals surface area contributed by atoms with E-state index < -0.39 is 22.5 Å². The Bertz CT molecular complexity index is 1240. The standard InChI is InChI=1S/C24H25N3O5S/c1-3-32-23-15-19(13-14-22(23)28)16-25-26-24(29)17-27(21-12-8-7-9-18(21)2)33(30,31)20-10-5-4-6-11-20/h4-16,28H,3,17H2,1-2H3,(H,26,29)/b25-16-. The molecule has 0 aliphatic rings. The average molecular weight is 468 g/mol. The maximum atomic E-state index is 13.3. The van der Waals surface area contributed by atoms with Gasteiger partial charge >= 0.3 is 0 Å². The molecule has 3 aromatic rings. The summed E-state index contributed by atoms with van der Waals surface area (Å²) in [5.74, 6) is -0.316. The van der Waals surface area contributed by atoms with Crippen LogP contribution in [0.1, 0.15) is 18.1 Å². The molecule has 1 amide bonds. The van der Waals surface area contributed by atoms with E-state index in [9.17, 15) is 18.3 Å². The number of benzene rings is 3. The minimum Gasteiger partial charge on any atom is -0.504 e. The molecular formula is C24H25N3O5S. The van der Waals surface area contributed by atoms with Gasteiger partial charge in [0.2, 0.25) is 0 Å². The quantitative estimate of drug-likeness (QED) is 0.370. The summed E-state index contributed by atoms with van der Waals surface area (Å²) in [7, 11) is -3.99. The Morgan fingerprint density at radius 1 is 1.09 bits per heavy atom. The van der Waals surface area contributed by atoms with Gasteiger partial charge in [0.25, 0.3) is 15.9 Å². The van der Waals surface area contributed by atoms with Crippen molar-refractivity contribution in [3.63, 3.8) is 0 Å². The number of anilines is 1. The lowest BCUT2D eigenvalue weighted by Gasteiger charge is -2.25. The highest BCUT2D eigenvalue weighted by molar-refractivity contribution is 7.92. The van der Waals surface area contributed by atoms with E-state index in [0.717, 1.165) is 4.31 Å². The number of amides is 1. The van der Waals surface area contributed by atoms with E-state index in [0.29, 0.717) is 29.2 Å². The first-order valence-electron chi connectivity index (χ1n) is 10.2. The largest absolute Gasteiger partial charge is 0.504 e. The van der Waals surface area contributed by atoms with Crippen LogP contribution >= 0.6 is 0 Å². The lowest BCUT2D eigenvalue weighted by molar-refractivity contribution is -0.119. The third-order valence-electron chi connectivity index (χ3n) is 4.69. The molecule has 0 fully saturated rings. The summed E-state index contributed by atoms with van der Waals surface area (Å²) in [5, 5.41) is 13.7. The number of rotatable bonds is 9. The number of hydrogen-bond donors (Lipinski definition) is 2. The number of phenols is 1. The van der Waals surface area contributed by atoms with Crippen LogP contribution < -0.4 is 14.5 Å². The molecule has 2 N–H and O–H groups in total. The van der Waals surface area contributed by atoms with E-state index in [2.05, 4.69) is 10.5 Å². The Balaban J connectivity index is 1.81. The lowest BCUT2D eigenvalue weighted by atomic mass is 10.2. The first-order chi connectivity index (χ1) is 15.8. The molecule has 3 aromatic carbocycles. The number of phenolic OH excluding ortho intramolecular Hbond substituents is 1. The number of aryl methyl sites for hydroxylation is 1. The van der Waals surface area contributed by atoms with Gasteiger partial charge in [-0.3, -0.25) is 9.10 Å². The lowest BCUT2D eigenvalue weighted by Crippen LogP contribution is -2.40. The van der Waals surface area contributed by atoms with E-state index >= 15 is 0 Å². The van der Waals surface area contributed by atoms with Gasteiger partial charge in [-0.1, -0.05) is 36.4 Å². The Hall–Kier alpha value is -3.85. The van der Waals surface area contributed by atoms with E-state index in [4.69, 9.17) is 4.74 Å². The van der Waals surface area contributed by atoms with Crippen LogP contribution in [0.3, 0.4) is 0 Å². The molecular weight excluding hydrogens is 442 g/mol. The summed E-state index contributed by atoms with van der Waals surface area (Å²) in [5.41, 5.74) is 4.06. The second-order valence-electron chi connectivity index (χ2n) is 7.06. The second kappa shape index (κ2) is 10.6. The van der Waals surface area contributed by atoms with Gasteiger partial charge in [0.1, 0.15) is 6.54 Å². The highest BCUT2D eigenvalue weighted by atomic mass is 32.2. The van der Waals surface area contributed by atoms with Crippen molar-refractivity contribution in [2.45, 2.75) is 18.7 Å². The van der Waals surface area contributed by atoms with E-state index in [1.807, 2.05) is 0 Å². The molecule has 0 unspecified atom stereocenters. The molecule has 0 saturated heterocycles. The fourth-order valence-electron chi connectivity index (χ4n) is 3.09. The highest BCUT2D eigenvalue weighted by Crippen LogP contribution is 2.27. The van der Waals surface area contributed by atoms with E-state index in [1.165, 1.54) is 24.4 Å². The monoisotopic (exact) mass is 467 g/mol. The molecule has 0 aliphatic heterocycles. The predicted octanol–water partition coefficient (Wildman–Crippen LogP) is 3.44. The van der Waals surface area contributed by atoms with Crippen LogP contribution in [0.2, 0.25) is 0 Å². The number of hydrogen-bond acceptors (Lipinski definition) is 6. The normalized spacial score (nSPS) is 11.3. The third-order valence-corrected chi connectivity index (χ3v) is 6.46. The number of nitrogens with zero attached hydrogens (tertiary/aromatic N) is 2. The molecule has 3 rings (SSSR count). The second-order valence-corrected chi connectivity index (χ2v) is 8.93. The van der Waals surface area contributed by atoms with E-state index in [1.54, 1.807) is 68.4 Å². The molecule has 172 valence electrons. The summed E-state index contributed by atoms with van der Waals surface area (Å²) < 4.78 is 33.0. The fraction of sp³-hybridized carbons (Fsp3) is 0.167. The minimum absolute atomic E-state index is 0.00183. The first kappa shape index (κ1) is 23.8. The van der Waals surface area contributed by atoms with Crippen LogP contribution in [0, 0.1) is 6.92 Å². The molecule has 9 heteroatoms. The number of para-hydroxylation sites is 1. The van der Waals surface area contributed by atoms with Crippen LogP contribution in [0.4, 0.5) is 5.69 Å². The third kappa shape index (κ3) is 5.89. The van der Waals surface area contributed by atoms with Crippen LogP contribution in [0.25, 0.3) is 0 Å². The fourth-order valence-corrected chi connectivity index (χ4v) is 4.60. The topological polar surface area (TPSA) is 108 Å².